The lowest BCUT2D eigenvalue weighted by atomic mass is 10.1. The van der Waals surface area contributed by atoms with Gasteiger partial charge in [0.05, 0.1) is 6.54 Å². The van der Waals surface area contributed by atoms with Crippen molar-refractivity contribution in [3.63, 3.8) is 0 Å². The number of hydrogen-bond acceptors (Lipinski definition) is 3. The Kier molecular flexibility index (Phi) is 10.8. The maximum absolute atomic E-state index is 5.79. The molecule has 2 aromatic rings. The van der Waals surface area contributed by atoms with Gasteiger partial charge in [0.25, 0.3) is 0 Å². The summed E-state index contributed by atoms with van der Waals surface area (Å²) >= 11 is 0. The van der Waals surface area contributed by atoms with Gasteiger partial charge < -0.3 is 15.4 Å². The van der Waals surface area contributed by atoms with Crippen molar-refractivity contribution in [1.29, 1.82) is 0 Å². The number of guanidine groups is 1. The fourth-order valence-electron chi connectivity index (χ4n) is 2.23. The molecule has 0 fully saturated rings. The normalized spacial score (nSPS) is 12.3. The number of benzene rings is 1. The second-order valence-electron chi connectivity index (χ2n) is 6.65. The minimum absolute atomic E-state index is 0. The summed E-state index contributed by atoms with van der Waals surface area (Å²) in [5.41, 5.74) is 2.19. The molecule has 0 radical (unpaired) electrons. The monoisotopic (exact) mass is 482 g/mol. The molecular weight excluding hydrogens is 451 g/mol. The molecule has 0 aliphatic carbocycles. The minimum Gasteiger partial charge on any atom is -0.473 e. The highest BCUT2D eigenvalue weighted by molar-refractivity contribution is 14.0. The standard InChI is InChI=1S/C21H30N4O.HI/c1-5-22-21(25-17(4)16(2)3)24-14-19-11-12-23-20(13-19)26-15-18-9-7-6-8-10-18;/h6-13,16-17H,5,14-15H2,1-4H3,(H2,22,24,25);1H. The Balaban J connectivity index is 0.00000364. The van der Waals surface area contributed by atoms with Crippen LogP contribution in [0.5, 0.6) is 5.88 Å². The van der Waals surface area contributed by atoms with Gasteiger partial charge in [0.2, 0.25) is 5.88 Å². The fourth-order valence-corrected chi connectivity index (χ4v) is 2.23. The van der Waals surface area contributed by atoms with Crippen molar-refractivity contribution < 1.29 is 4.74 Å². The van der Waals surface area contributed by atoms with Gasteiger partial charge in [0.1, 0.15) is 6.61 Å². The van der Waals surface area contributed by atoms with E-state index in [4.69, 9.17) is 4.74 Å². The summed E-state index contributed by atoms with van der Waals surface area (Å²) in [4.78, 5) is 8.96. The van der Waals surface area contributed by atoms with E-state index in [0.29, 0.717) is 31.0 Å². The van der Waals surface area contributed by atoms with E-state index < -0.39 is 0 Å². The van der Waals surface area contributed by atoms with Gasteiger partial charge in [-0.2, -0.15) is 0 Å². The van der Waals surface area contributed by atoms with Crippen LogP contribution in [0.1, 0.15) is 38.8 Å². The van der Waals surface area contributed by atoms with Gasteiger partial charge in [0, 0.05) is 24.8 Å². The highest BCUT2D eigenvalue weighted by Crippen LogP contribution is 2.12. The lowest BCUT2D eigenvalue weighted by molar-refractivity contribution is 0.293. The van der Waals surface area contributed by atoms with E-state index in [1.165, 1.54) is 0 Å². The molecule has 1 heterocycles. The largest absolute Gasteiger partial charge is 0.473 e. The number of rotatable bonds is 8. The molecule has 0 aliphatic heterocycles. The summed E-state index contributed by atoms with van der Waals surface area (Å²) in [5, 5.41) is 6.73. The van der Waals surface area contributed by atoms with Gasteiger partial charge in [-0.3, -0.25) is 0 Å². The van der Waals surface area contributed by atoms with Crippen LogP contribution >= 0.6 is 24.0 Å². The van der Waals surface area contributed by atoms with Gasteiger partial charge >= 0.3 is 0 Å². The molecule has 2 N–H and O–H groups in total. The summed E-state index contributed by atoms with van der Waals surface area (Å²) in [6.45, 7) is 10.5. The average Bonchev–Trinajstić information content (AvgIpc) is 2.65. The van der Waals surface area contributed by atoms with Crippen LogP contribution in [0.2, 0.25) is 0 Å². The van der Waals surface area contributed by atoms with E-state index in [1.807, 2.05) is 42.5 Å². The Morgan fingerprint density at radius 1 is 1.11 bits per heavy atom. The first-order valence-electron chi connectivity index (χ1n) is 9.25. The first-order chi connectivity index (χ1) is 12.6. The number of halogens is 1. The van der Waals surface area contributed by atoms with Crippen molar-refractivity contribution in [2.45, 2.75) is 46.9 Å². The number of pyridine rings is 1. The molecule has 2 rings (SSSR count). The average molecular weight is 482 g/mol. The predicted octanol–water partition coefficient (Wildman–Crippen LogP) is 4.38. The van der Waals surface area contributed by atoms with E-state index in [1.54, 1.807) is 6.20 Å². The highest BCUT2D eigenvalue weighted by atomic mass is 127. The van der Waals surface area contributed by atoms with Crippen LogP contribution in [0.25, 0.3) is 0 Å². The highest BCUT2D eigenvalue weighted by Gasteiger charge is 2.08. The molecule has 0 saturated heterocycles. The zero-order valence-electron chi connectivity index (χ0n) is 16.6. The second kappa shape index (κ2) is 12.5. The first-order valence-corrected chi connectivity index (χ1v) is 9.25. The maximum Gasteiger partial charge on any atom is 0.213 e. The summed E-state index contributed by atoms with van der Waals surface area (Å²) in [7, 11) is 0. The van der Waals surface area contributed by atoms with Crippen LogP contribution in [0, 0.1) is 5.92 Å². The van der Waals surface area contributed by atoms with Gasteiger partial charge in [-0.25, -0.2) is 9.98 Å². The molecule has 0 aliphatic rings. The van der Waals surface area contributed by atoms with E-state index in [9.17, 15) is 0 Å². The van der Waals surface area contributed by atoms with Crippen LogP contribution in [0.15, 0.2) is 53.7 Å². The molecule has 148 valence electrons. The summed E-state index contributed by atoms with van der Waals surface area (Å²) in [6, 6.07) is 14.4. The van der Waals surface area contributed by atoms with E-state index in [0.717, 1.165) is 23.6 Å². The molecule has 5 nitrogen and oxygen atoms in total. The molecule has 1 aromatic heterocycles. The maximum atomic E-state index is 5.79. The summed E-state index contributed by atoms with van der Waals surface area (Å²) in [5.74, 6) is 1.99. The van der Waals surface area contributed by atoms with E-state index in [-0.39, 0.29) is 24.0 Å². The number of nitrogens with one attached hydrogen (secondary N) is 2. The molecule has 1 unspecified atom stereocenters. The molecule has 0 saturated carbocycles. The topological polar surface area (TPSA) is 58.5 Å². The molecule has 1 atom stereocenters. The minimum atomic E-state index is 0. The van der Waals surface area contributed by atoms with Crippen molar-refractivity contribution >= 4 is 29.9 Å². The predicted molar refractivity (Wildman–Crippen MR) is 123 cm³/mol. The fraction of sp³-hybridized carbons (Fsp3) is 0.429. The smallest absolute Gasteiger partial charge is 0.213 e. The van der Waals surface area contributed by atoms with Gasteiger partial charge in [-0.1, -0.05) is 44.2 Å². The molecule has 6 heteroatoms. The zero-order valence-corrected chi connectivity index (χ0v) is 18.9. The van der Waals surface area contributed by atoms with Crippen LogP contribution in [0.3, 0.4) is 0 Å². The Labute approximate surface area is 180 Å². The van der Waals surface area contributed by atoms with Crippen molar-refractivity contribution in [3.8, 4) is 5.88 Å². The Morgan fingerprint density at radius 3 is 2.52 bits per heavy atom. The Bertz CT molecular complexity index is 692. The first kappa shape index (κ1) is 23.2. The van der Waals surface area contributed by atoms with Crippen molar-refractivity contribution in [1.82, 2.24) is 15.6 Å². The third-order valence-corrected chi connectivity index (χ3v) is 4.16. The van der Waals surface area contributed by atoms with Crippen LogP contribution in [-0.2, 0) is 13.2 Å². The lowest BCUT2D eigenvalue weighted by Crippen LogP contribution is -2.44. The molecular formula is C21H31IN4O. The molecule has 0 spiro atoms. The van der Waals surface area contributed by atoms with Crippen molar-refractivity contribution in [2.75, 3.05) is 6.54 Å². The summed E-state index contributed by atoms with van der Waals surface area (Å²) < 4.78 is 5.79. The van der Waals surface area contributed by atoms with Crippen LogP contribution in [0.4, 0.5) is 0 Å². The van der Waals surface area contributed by atoms with Gasteiger partial charge in [0.15, 0.2) is 5.96 Å². The van der Waals surface area contributed by atoms with E-state index in [2.05, 4.69) is 48.3 Å². The number of ether oxygens (including phenoxy) is 1. The van der Waals surface area contributed by atoms with Crippen molar-refractivity contribution in [2.24, 2.45) is 10.9 Å². The Hall–Kier alpha value is -1.83. The number of hydrogen-bond donors (Lipinski definition) is 2. The zero-order chi connectivity index (χ0) is 18.8. The lowest BCUT2D eigenvalue weighted by Gasteiger charge is -2.20. The van der Waals surface area contributed by atoms with Gasteiger partial charge in [-0.05, 0) is 37.0 Å². The third kappa shape index (κ3) is 8.60. The van der Waals surface area contributed by atoms with E-state index >= 15 is 0 Å². The molecule has 27 heavy (non-hydrogen) atoms. The third-order valence-electron chi connectivity index (χ3n) is 4.16. The van der Waals surface area contributed by atoms with Crippen LogP contribution < -0.4 is 15.4 Å². The van der Waals surface area contributed by atoms with Crippen LogP contribution in [-0.4, -0.2) is 23.5 Å². The molecule has 0 amide bonds. The Morgan fingerprint density at radius 2 is 1.85 bits per heavy atom. The SMILES string of the molecule is CCNC(=NCc1ccnc(OCc2ccccc2)c1)NC(C)C(C)C.I. The summed E-state index contributed by atoms with van der Waals surface area (Å²) in [6.07, 6.45) is 1.77. The van der Waals surface area contributed by atoms with Gasteiger partial charge in [-0.15, -0.1) is 24.0 Å². The number of aromatic nitrogens is 1. The molecule has 0 bridgehead atoms. The number of aliphatic imine (C=N–C) groups is 1. The second-order valence-corrected chi connectivity index (χ2v) is 6.65. The number of nitrogens with zero attached hydrogens (tertiary/aromatic N) is 2. The quantitative estimate of drug-likeness (QED) is 0.333. The molecule has 1 aromatic carbocycles. The van der Waals surface area contributed by atoms with Crippen molar-refractivity contribution in [3.05, 3.63) is 59.8 Å².